The lowest BCUT2D eigenvalue weighted by molar-refractivity contribution is -0.870. The van der Waals surface area contributed by atoms with Crippen molar-refractivity contribution < 1.29 is 57.4 Å². The molecule has 12 nitrogen and oxygen atoms in total. The molecule has 0 aromatic rings. The summed E-state index contributed by atoms with van der Waals surface area (Å²) in [6.45, 7) is 3.93. The third kappa shape index (κ3) is 32.0. The van der Waals surface area contributed by atoms with Crippen LogP contribution in [0.5, 0.6) is 0 Å². The predicted octanol–water partition coefficient (Wildman–Crippen LogP) is 9.62. The molecule has 61 heavy (non-hydrogen) atoms. The Kier molecular flexibility index (Phi) is 32.5. The highest BCUT2D eigenvalue weighted by atomic mass is 31.2. The Bertz CT molecular complexity index is 1340. The average molecular weight is 883 g/mol. The van der Waals surface area contributed by atoms with Crippen molar-refractivity contribution in [3.8, 4) is 0 Å². The van der Waals surface area contributed by atoms with Gasteiger partial charge in [0.05, 0.1) is 46.1 Å². The minimum Gasteiger partial charge on any atom is -0.462 e. The lowest BCUT2D eigenvalue weighted by Gasteiger charge is -2.24. The fourth-order valence-corrected chi connectivity index (χ4v) is 7.72. The van der Waals surface area contributed by atoms with Crippen molar-refractivity contribution in [1.29, 1.82) is 0 Å². The van der Waals surface area contributed by atoms with Crippen LogP contribution >= 0.6 is 7.82 Å². The molecule has 0 spiro atoms. The van der Waals surface area contributed by atoms with Crippen LogP contribution in [-0.4, -0.2) is 109 Å². The number of quaternary nitrogens is 1. The van der Waals surface area contributed by atoms with E-state index < -0.39 is 50.8 Å². The first kappa shape index (κ1) is 56.6. The Balaban J connectivity index is 2.47. The zero-order valence-corrected chi connectivity index (χ0v) is 39.4. The molecule has 0 aliphatic heterocycles. The van der Waals surface area contributed by atoms with Crippen LogP contribution in [0.25, 0.3) is 0 Å². The number of phosphoric ester groups is 1. The first-order valence-electron chi connectivity index (χ1n) is 23.3. The van der Waals surface area contributed by atoms with Crippen molar-refractivity contribution in [1.82, 2.24) is 0 Å². The van der Waals surface area contributed by atoms with Crippen molar-refractivity contribution in [2.75, 3.05) is 47.5 Å². The lowest BCUT2D eigenvalue weighted by Crippen LogP contribution is -2.37. The van der Waals surface area contributed by atoms with Gasteiger partial charge >= 0.3 is 19.8 Å². The van der Waals surface area contributed by atoms with Crippen molar-refractivity contribution in [3.63, 3.8) is 0 Å². The van der Waals surface area contributed by atoms with Gasteiger partial charge in [0.2, 0.25) is 0 Å². The monoisotopic (exact) mass is 883 g/mol. The van der Waals surface area contributed by atoms with Gasteiger partial charge in [-0.15, -0.1) is 0 Å². The van der Waals surface area contributed by atoms with Crippen LogP contribution in [0, 0.1) is 11.8 Å². The standard InChI is InChI=1S/C48H84NO11P/c1-6-8-10-11-12-13-14-15-16-17-18-19-20-21-22-23-29-33-48(54)60-42(40-59-61(55,56)58-37-36-49(3,4)5)39-57-47(53)32-28-25-24-27-31-43-44(46(52)38-45(43)51)35-34-41(50)30-26-9-7-2/h8,10,12-13,15-16,18-19,34-35,41-46,50-52H,6-7,9,11,14,17,20-33,36-40H2,1-5H3/p+1/b10-8-,13-12-,16-15-,19-18-,35-34+/t41-,42+,43+,44+,45-,46+/m0/s1. The molecule has 0 amide bonds. The Morgan fingerprint density at radius 2 is 1.34 bits per heavy atom. The fourth-order valence-electron chi connectivity index (χ4n) is 6.98. The summed E-state index contributed by atoms with van der Waals surface area (Å²) in [5.74, 6) is -1.25. The molecule has 0 aromatic carbocycles. The van der Waals surface area contributed by atoms with E-state index in [2.05, 4.69) is 62.5 Å². The molecule has 0 radical (unpaired) electrons. The molecular weight excluding hydrogens is 797 g/mol. The largest absolute Gasteiger partial charge is 0.472 e. The number of unbranched alkanes of at least 4 members (excludes halogenated alkanes) is 9. The number of ether oxygens (including phenoxy) is 2. The molecule has 1 rings (SSSR count). The smallest absolute Gasteiger partial charge is 0.462 e. The molecule has 1 aliphatic rings. The van der Waals surface area contributed by atoms with E-state index in [4.69, 9.17) is 18.5 Å². The number of likely N-dealkylation sites (N-methyl/N-ethyl adjacent to an activating group) is 1. The molecule has 0 bridgehead atoms. The van der Waals surface area contributed by atoms with Crippen LogP contribution < -0.4 is 0 Å². The fraction of sp³-hybridized carbons (Fsp3) is 0.750. The van der Waals surface area contributed by atoms with Gasteiger partial charge in [-0.2, -0.15) is 0 Å². The van der Waals surface area contributed by atoms with E-state index in [0.29, 0.717) is 36.7 Å². The van der Waals surface area contributed by atoms with E-state index >= 15 is 0 Å². The van der Waals surface area contributed by atoms with E-state index in [1.807, 2.05) is 27.2 Å². The highest BCUT2D eigenvalue weighted by molar-refractivity contribution is 7.47. The predicted molar refractivity (Wildman–Crippen MR) is 244 cm³/mol. The first-order valence-corrected chi connectivity index (χ1v) is 24.8. The summed E-state index contributed by atoms with van der Waals surface area (Å²) in [6, 6.07) is 0. The second kappa shape index (κ2) is 35.0. The maximum absolute atomic E-state index is 12.8. The summed E-state index contributed by atoms with van der Waals surface area (Å²) < 4.78 is 34.3. The van der Waals surface area contributed by atoms with Crippen molar-refractivity contribution in [2.24, 2.45) is 11.8 Å². The van der Waals surface area contributed by atoms with Gasteiger partial charge in [-0.25, -0.2) is 4.57 Å². The van der Waals surface area contributed by atoms with Gasteiger partial charge in [0.1, 0.15) is 19.8 Å². The molecule has 0 heterocycles. The van der Waals surface area contributed by atoms with Gasteiger partial charge in [-0.1, -0.05) is 126 Å². The number of carbonyl (C=O) groups is 2. The number of aliphatic hydroxyl groups is 3. The topological polar surface area (TPSA) is 169 Å². The normalized spacial score (nSPS) is 20.7. The summed E-state index contributed by atoms with van der Waals surface area (Å²) in [5.41, 5.74) is 0. The Morgan fingerprint density at radius 1 is 0.738 bits per heavy atom. The van der Waals surface area contributed by atoms with Crippen molar-refractivity contribution in [2.45, 2.75) is 173 Å². The maximum atomic E-state index is 12.8. The number of rotatable bonds is 37. The summed E-state index contributed by atoms with van der Waals surface area (Å²) in [5, 5.41) is 31.4. The Morgan fingerprint density at radius 3 is 1.98 bits per heavy atom. The number of allylic oxidation sites excluding steroid dienone is 8. The molecule has 1 saturated carbocycles. The van der Waals surface area contributed by atoms with Crippen LogP contribution in [0.1, 0.15) is 149 Å². The number of aliphatic hydroxyl groups excluding tert-OH is 3. The number of esters is 2. The molecule has 13 heteroatoms. The van der Waals surface area contributed by atoms with Gasteiger partial charge in [0.25, 0.3) is 0 Å². The van der Waals surface area contributed by atoms with Gasteiger partial charge in [-0.3, -0.25) is 18.6 Å². The summed E-state index contributed by atoms with van der Waals surface area (Å²) in [4.78, 5) is 35.6. The van der Waals surface area contributed by atoms with Gasteiger partial charge in [-0.05, 0) is 70.1 Å². The summed E-state index contributed by atoms with van der Waals surface area (Å²) >= 11 is 0. The number of hydrogen-bond donors (Lipinski definition) is 4. The van der Waals surface area contributed by atoms with Crippen LogP contribution in [0.4, 0.5) is 0 Å². The summed E-state index contributed by atoms with van der Waals surface area (Å²) in [7, 11) is 1.33. The van der Waals surface area contributed by atoms with Gasteiger partial charge in [0, 0.05) is 25.2 Å². The van der Waals surface area contributed by atoms with Crippen LogP contribution in [0.3, 0.4) is 0 Å². The molecule has 1 aliphatic carbocycles. The molecule has 0 saturated heterocycles. The van der Waals surface area contributed by atoms with E-state index in [9.17, 15) is 34.4 Å². The third-order valence-corrected chi connectivity index (χ3v) is 11.6. The van der Waals surface area contributed by atoms with Crippen molar-refractivity contribution in [3.05, 3.63) is 60.8 Å². The summed E-state index contributed by atoms with van der Waals surface area (Å²) in [6.07, 6.45) is 34.8. The number of phosphoric acid groups is 1. The molecule has 7 atom stereocenters. The number of hydrogen-bond acceptors (Lipinski definition) is 10. The van der Waals surface area contributed by atoms with E-state index in [-0.39, 0.29) is 37.9 Å². The Hall–Kier alpha value is -2.41. The minimum absolute atomic E-state index is 0.0108. The second-order valence-corrected chi connectivity index (χ2v) is 18.8. The molecule has 0 aromatic heterocycles. The molecular formula is C48H85NO11P+. The van der Waals surface area contributed by atoms with Crippen molar-refractivity contribution >= 4 is 19.8 Å². The molecule has 4 N–H and O–H groups in total. The zero-order chi connectivity index (χ0) is 45.2. The molecule has 1 fully saturated rings. The van der Waals surface area contributed by atoms with Crippen LogP contribution in [0.15, 0.2) is 60.8 Å². The second-order valence-electron chi connectivity index (χ2n) is 17.4. The van der Waals surface area contributed by atoms with Gasteiger partial charge in [0.15, 0.2) is 6.10 Å². The highest BCUT2D eigenvalue weighted by Gasteiger charge is 2.39. The lowest BCUT2D eigenvalue weighted by atomic mass is 9.88. The van der Waals surface area contributed by atoms with Crippen LogP contribution in [0.2, 0.25) is 0 Å². The van der Waals surface area contributed by atoms with Gasteiger partial charge < -0.3 is 34.2 Å². The van der Waals surface area contributed by atoms with Crippen LogP contribution in [-0.2, 0) is 32.7 Å². The minimum atomic E-state index is -4.44. The highest BCUT2D eigenvalue weighted by Crippen LogP contribution is 2.43. The third-order valence-electron chi connectivity index (χ3n) is 10.6. The first-order chi connectivity index (χ1) is 29.2. The molecule has 1 unspecified atom stereocenters. The number of nitrogens with zero attached hydrogens (tertiary/aromatic N) is 1. The van der Waals surface area contributed by atoms with E-state index in [1.165, 1.54) is 0 Å². The quantitative estimate of drug-likeness (QED) is 0.0154. The molecule has 352 valence electrons. The average Bonchev–Trinajstić information content (AvgIpc) is 3.47. The maximum Gasteiger partial charge on any atom is 0.472 e. The van der Waals surface area contributed by atoms with E-state index in [1.54, 1.807) is 6.08 Å². The Labute approximate surface area is 369 Å². The number of carbonyl (C=O) groups excluding carboxylic acids is 2. The SMILES string of the molecule is CC/C=C\C/C=C\C/C=C\C/C=C\CCCCCCC(=O)O[C@H](COC(=O)CCCCCC[C@@H]1[C@@H](/C=C/[C@@H](O)CCCCC)[C@H](O)C[C@@H]1O)COP(=O)(O)OCC[N+](C)(C)C. The zero-order valence-electron chi connectivity index (χ0n) is 38.5. The van der Waals surface area contributed by atoms with E-state index in [0.717, 1.165) is 96.3 Å².